The van der Waals surface area contributed by atoms with E-state index in [1.807, 2.05) is 55.6 Å². The van der Waals surface area contributed by atoms with Crippen molar-refractivity contribution in [3.05, 3.63) is 52.3 Å². The SMILES string of the molecule is Cc1nc2c(SCC(=O)Nc3ccccc3C)nnc(-c3cccs3)c2s1. The first-order chi connectivity index (χ1) is 13.1. The van der Waals surface area contributed by atoms with E-state index in [0.29, 0.717) is 5.03 Å². The number of hydrogen-bond donors (Lipinski definition) is 1. The summed E-state index contributed by atoms with van der Waals surface area (Å²) in [5.74, 6) is 0.186. The van der Waals surface area contributed by atoms with Crippen molar-refractivity contribution in [1.29, 1.82) is 0 Å². The van der Waals surface area contributed by atoms with Crippen LogP contribution in [0.15, 0.2) is 46.8 Å². The minimum atomic E-state index is -0.0708. The van der Waals surface area contributed by atoms with Crippen LogP contribution in [0.2, 0.25) is 0 Å². The Hall–Kier alpha value is -2.29. The number of rotatable bonds is 5. The molecule has 0 saturated carbocycles. The molecule has 3 aromatic heterocycles. The van der Waals surface area contributed by atoms with Crippen LogP contribution in [0.3, 0.4) is 0 Å². The molecule has 3 heterocycles. The summed E-state index contributed by atoms with van der Waals surface area (Å²) in [6.45, 7) is 3.95. The van der Waals surface area contributed by atoms with E-state index < -0.39 is 0 Å². The maximum absolute atomic E-state index is 12.3. The number of amides is 1. The molecule has 8 heteroatoms. The van der Waals surface area contributed by atoms with Gasteiger partial charge in [-0.25, -0.2) is 4.98 Å². The van der Waals surface area contributed by atoms with Crippen LogP contribution in [0.5, 0.6) is 0 Å². The first-order valence-electron chi connectivity index (χ1n) is 8.28. The lowest BCUT2D eigenvalue weighted by atomic mass is 10.2. The highest BCUT2D eigenvalue weighted by molar-refractivity contribution is 8.00. The minimum Gasteiger partial charge on any atom is -0.325 e. The molecule has 5 nitrogen and oxygen atoms in total. The number of anilines is 1. The zero-order chi connectivity index (χ0) is 18.8. The number of thioether (sulfide) groups is 1. The number of carbonyl (C=O) groups excluding carboxylic acids is 1. The van der Waals surface area contributed by atoms with E-state index in [2.05, 4.69) is 20.5 Å². The molecule has 0 radical (unpaired) electrons. The molecule has 0 saturated heterocycles. The number of nitrogens with zero attached hydrogens (tertiary/aromatic N) is 3. The van der Waals surface area contributed by atoms with Crippen LogP contribution in [-0.2, 0) is 4.79 Å². The standard InChI is InChI=1S/C19H16N4OS3/c1-11-6-3-4-7-13(11)21-15(24)10-26-19-17-18(27-12(2)20-17)16(22-23-19)14-8-5-9-25-14/h3-9H,10H2,1-2H3,(H,21,24). The van der Waals surface area contributed by atoms with Gasteiger partial charge in [0, 0.05) is 5.69 Å². The average molecular weight is 413 g/mol. The third-order valence-electron chi connectivity index (χ3n) is 3.91. The van der Waals surface area contributed by atoms with Crippen LogP contribution in [0.1, 0.15) is 10.6 Å². The molecule has 0 fully saturated rings. The van der Waals surface area contributed by atoms with Crippen LogP contribution in [0.4, 0.5) is 5.69 Å². The number of nitrogens with one attached hydrogen (secondary N) is 1. The lowest BCUT2D eigenvalue weighted by Gasteiger charge is -2.08. The third-order valence-corrected chi connectivity index (χ3v) is 6.72. The number of carbonyl (C=O) groups is 1. The Morgan fingerprint density at radius 2 is 2.00 bits per heavy atom. The van der Waals surface area contributed by atoms with Crippen molar-refractivity contribution in [2.24, 2.45) is 0 Å². The Morgan fingerprint density at radius 3 is 2.78 bits per heavy atom. The maximum atomic E-state index is 12.3. The van der Waals surface area contributed by atoms with E-state index in [0.717, 1.165) is 37.0 Å². The van der Waals surface area contributed by atoms with Gasteiger partial charge >= 0.3 is 0 Å². The largest absolute Gasteiger partial charge is 0.325 e. The van der Waals surface area contributed by atoms with Crippen LogP contribution in [-0.4, -0.2) is 26.8 Å². The summed E-state index contributed by atoms with van der Waals surface area (Å²) in [5.41, 5.74) is 3.55. The van der Waals surface area contributed by atoms with E-state index in [1.54, 1.807) is 22.7 Å². The number of hydrogen-bond acceptors (Lipinski definition) is 7. The quantitative estimate of drug-likeness (QED) is 0.459. The van der Waals surface area contributed by atoms with Crippen molar-refractivity contribution < 1.29 is 4.79 Å². The topological polar surface area (TPSA) is 67.8 Å². The minimum absolute atomic E-state index is 0.0708. The smallest absolute Gasteiger partial charge is 0.234 e. The second kappa shape index (κ2) is 7.75. The zero-order valence-electron chi connectivity index (χ0n) is 14.7. The van der Waals surface area contributed by atoms with E-state index in [-0.39, 0.29) is 11.7 Å². The van der Waals surface area contributed by atoms with Gasteiger partial charge in [-0.1, -0.05) is 36.0 Å². The van der Waals surface area contributed by atoms with Gasteiger partial charge in [0.15, 0.2) is 0 Å². The number of thiazole rings is 1. The van der Waals surface area contributed by atoms with Gasteiger partial charge in [-0.05, 0) is 36.9 Å². The summed E-state index contributed by atoms with van der Waals surface area (Å²) < 4.78 is 1.02. The van der Waals surface area contributed by atoms with E-state index in [1.165, 1.54) is 11.8 Å². The Morgan fingerprint density at radius 1 is 1.15 bits per heavy atom. The molecule has 0 unspecified atom stereocenters. The molecule has 136 valence electrons. The molecular formula is C19H16N4OS3. The van der Waals surface area contributed by atoms with Gasteiger partial charge in [-0.2, -0.15) is 0 Å². The summed E-state index contributed by atoms with van der Waals surface area (Å²) in [6, 6.07) is 11.8. The lowest BCUT2D eigenvalue weighted by Crippen LogP contribution is -2.15. The number of aryl methyl sites for hydroxylation is 2. The summed E-state index contributed by atoms with van der Waals surface area (Å²) in [4.78, 5) is 18.0. The molecule has 0 spiro atoms. The Labute approximate surface area is 168 Å². The Bertz CT molecular complexity index is 1110. The van der Waals surface area contributed by atoms with Crippen LogP contribution in [0, 0.1) is 13.8 Å². The van der Waals surface area contributed by atoms with Crippen LogP contribution >= 0.6 is 34.4 Å². The fourth-order valence-corrected chi connectivity index (χ4v) is 5.11. The molecule has 0 aliphatic heterocycles. The molecule has 1 N–H and O–H groups in total. The van der Waals surface area contributed by atoms with Crippen LogP contribution in [0.25, 0.3) is 20.8 Å². The maximum Gasteiger partial charge on any atom is 0.234 e. The highest BCUT2D eigenvalue weighted by atomic mass is 32.2. The number of para-hydroxylation sites is 1. The third kappa shape index (κ3) is 3.87. The van der Waals surface area contributed by atoms with Gasteiger partial charge < -0.3 is 5.32 Å². The zero-order valence-corrected chi connectivity index (χ0v) is 17.2. The molecule has 27 heavy (non-hydrogen) atoms. The number of thiophene rings is 1. The lowest BCUT2D eigenvalue weighted by molar-refractivity contribution is -0.113. The number of fused-ring (bicyclic) bond motifs is 1. The summed E-state index contributed by atoms with van der Waals surface area (Å²) in [5, 5.41) is 15.4. The fourth-order valence-electron chi connectivity index (χ4n) is 2.63. The monoisotopic (exact) mass is 412 g/mol. The van der Waals surface area contributed by atoms with Crippen molar-refractivity contribution >= 4 is 56.2 Å². The van der Waals surface area contributed by atoms with E-state index >= 15 is 0 Å². The normalized spacial score (nSPS) is 11.0. The van der Waals surface area contributed by atoms with Crippen molar-refractivity contribution in [3.8, 4) is 10.6 Å². The molecule has 4 aromatic rings. The number of aromatic nitrogens is 3. The van der Waals surface area contributed by atoms with Gasteiger partial charge in [-0.3, -0.25) is 4.79 Å². The predicted octanol–water partition coefficient (Wildman–Crippen LogP) is 5.16. The van der Waals surface area contributed by atoms with Crippen molar-refractivity contribution in [3.63, 3.8) is 0 Å². The highest BCUT2D eigenvalue weighted by Crippen LogP contribution is 2.36. The highest BCUT2D eigenvalue weighted by Gasteiger charge is 2.17. The van der Waals surface area contributed by atoms with Crippen molar-refractivity contribution in [1.82, 2.24) is 15.2 Å². The average Bonchev–Trinajstić information content (AvgIpc) is 3.31. The molecule has 0 aliphatic rings. The van der Waals surface area contributed by atoms with E-state index in [9.17, 15) is 4.79 Å². The summed E-state index contributed by atoms with van der Waals surface area (Å²) >= 11 is 4.61. The second-order valence-electron chi connectivity index (χ2n) is 5.89. The molecule has 1 amide bonds. The van der Waals surface area contributed by atoms with Crippen molar-refractivity contribution in [2.45, 2.75) is 18.9 Å². The number of benzene rings is 1. The van der Waals surface area contributed by atoms with Gasteiger partial charge in [0.25, 0.3) is 0 Å². The van der Waals surface area contributed by atoms with Crippen LogP contribution < -0.4 is 5.32 Å². The molecular weight excluding hydrogens is 396 g/mol. The summed E-state index contributed by atoms with van der Waals surface area (Å²) in [6.07, 6.45) is 0. The molecule has 0 bridgehead atoms. The fraction of sp³-hybridized carbons (Fsp3) is 0.158. The van der Waals surface area contributed by atoms with Gasteiger partial charge in [0.05, 0.1) is 20.3 Å². The second-order valence-corrected chi connectivity index (χ2v) is 9.01. The molecule has 0 atom stereocenters. The first kappa shape index (κ1) is 18.1. The van der Waals surface area contributed by atoms with Gasteiger partial charge in [0.1, 0.15) is 16.2 Å². The Kier molecular flexibility index (Phi) is 5.20. The molecule has 4 rings (SSSR count). The van der Waals surface area contributed by atoms with E-state index in [4.69, 9.17) is 0 Å². The Balaban J connectivity index is 1.55. The predicted molar refractivity (Wildman–Crippen MR) is 114 cm³/mol. The molecule has 0 aliphatic carbocycles. The van der Waals surface area contributed by atoms with Gasteiger partial charge in [-0.15, -0.1) is 32.9 Å². The molecule has 1 aromatic carbocycles. The van der Waals surface area contributed by atoms with Gasteiger partial charge in [0.2, 0.25) is 5.91 Å². The van der Waals surface area contributed by atoms with Crippen molar-refractivity contribution in [2.75, 3.05) is 11.1 Å². The first-order valence-corrected chi connectivity index (χ1v) is 11.0. The summed E-state index contributed by atoms with van der Waals surface area (Å²) in [7, 11) is 0.